The molecule has 0 unspecified atom stereocenters. The Morgan fingerprint density at radius 2 is 1.86 bits per heavy atom. The summed E-state index contributed by atoms with van der Waals surface area (Å²) < 4.78 is 1.16. The smallest absolute Gasteiger partial charge is 0.330 e. The average molecular weight is 369 g/mol. The van der Waals surface area contributed by atoms with Crippen LogP contribution in [0.25, 0.3) is 0 Å². The third-order valence-electron chi connectivity index (χ3n) is 3.93. The Balaban J connectivity index is 1.85. The molecule has 0 N–H and O–H groups in total. The Labute approximate surface area is 141 Å². The molecule has 2 rings (SSSR count). The first-order chi connectivity index (χ1) is 10.3. The van der Waals surface area contributed by atoms with Gasteiger partial charge in [0.15, 0.2) is 0 Å². The van der Waals surface area contributed by atoms with Crippen molar-refractivity contribution in [2.45, 2.75) is 34.2 Å². The Morgan fingerprint density at radius 3 is 2.45 bits per heavy atom. The lowest BCUT2D eigenvalue weighted by molar-refractivity contribution is -0.207. The largest absolute Gasteiger partial charge is 0.367 e. The van der Waals surface area contributed by atoms with Crippen LogP contribution in [0.4, 0.5) is 0 Å². The van der Waals surface area contributed by atoms with Crippen molar-refractivity contribution in [3.63, 3.8) is 0 Å². The molecule has 1 aromatic rings. The molecule has 0 saturated carbocycles. The molecule has 1 fully saturated rings. The zero-order valence-corrected chi connectivity index (χ0v) is 15.4. The van der Waals surface area contributed by atoms with Gasteiger partial charge < -0.3 is 4.84 Å². The van der Waals surface area contributed by atoms with E-state index < -0.39 is 5.41 Å². The molecule has 0 radical (unpaired) electrons. The highest BCUT2D eigenvalue weighted by Gasteiger charge is 2.27. The third-order valence-corrected chi connectivity index (χ3v) is 4.79. The number of halogens is 1. The van der Waals surface area contributed by atoms with Gasteiger partial charge in [0.1, 0.15) is 0 Å². The molecule has 0 spiro atoms. The van der Waals surface area contributed by atoms with E-state index >= 15 is 0 Å². The number of nitrogens with zero attached hydrogens (tertiary/aromatic N) is 2. The van der Waals surface area contributed by atoms with Crippen LogP contribution in [0.2, 0.25) is 0 Å². The zero-order valence-electron chi connectivity index (χ0n) is 13.9. The van der Waals surface area contributed by atoms with Gasteiger partial charge in [0.25, 0.3) is 0 Å². The van der Waals surface area contributed by atoms with Gasteiger partial charge >= 0.3 is 5.97 Å². The molecule has 1 heterocycles. The van der Waals surface area contributed by atoms with Crippen LogP contribution in [0, 0.1) is 12.3 Å². The van der Waals surface area contributed by atoms with Crippen LogP contribution < -0.4 is 0 Å². The number of hydrogen-bond donors (Lipinski definition) is 0. The summed E-state index contributed by atoms with van der Waals surface area (Å²) in [7, 11) is 0. The Bertz CT molecular complexity index is 532. The van der Waals surface area contributed by atoms with E-state index in [1.165, 1.54) is 11.1 Å². The maximum atomic E-state index is 11.9. The minimum absolute atomic E-state index is 0.163. The van der Waals surface area contributed by atoms with Crippen molar-refractivity contribution in [3.05, 3.63) is 33.8 Å². The lowest BCUT2D eigenvalue weighted by atomic mass is 9.98. The maximum absolute atomic E-state index is 11.9. The van der Waals surface area contributed by atoms with Crippen molar-refractivity contribution in [1.82, 2.24) is 9.96 Å². The molecule has 4 nitrogen and oxygen atoms in total. The quantitative estimate of drug-likeness (QED) is 0.818. The molecule has 1 aliphatic rings. The fraction of sp³-hybridized carbons (Fsp3) is 0.588. The van der Waals surface area contributed by atoms with Gasteiger partial charge in [-0.15, -0.1) is 5.06 Å². The summed E-state index contributed by atoms with van der Waals surface area (Å²) in [5.74, 6) is -0.163. The number of carbonyl (C=O) groups excluding carboxylic acids is 1. The summed E-state index contributed by atoms with van der Waals surface area (Å²) in [6.45, 7) is 12.0. The second kappa shape index (κ2) is 7.11. The SMILES string of the molecule is Cc1c(Br)cccc1CN1CCN(OC(=O)C(C)(C)C)CC1. The second-order valence-corrected chi connectivity index (χ2v) is 7.71. The van der Waals surface area contributed by atoms with Crippen LogP contribution in [-0.2, 0) is 16.2 Å². The predicted molar refractivity (Wildman–Crippen MR) is 91.3 cm³/mol. The predicted octanol–water partition coefficient (Wildman–Crippen LogP) is 3.38. The normalized spacial score (nSPS) is 17.5. The molecule has 122 valence electrons. The van der Waals surface area contributed by atoms with Crippen molar-refractivity contribution >= 4 is 21.9 Å². The van der Waals surface area contributed by atoms with E-state index in [-0.39, 0.29) is 5.97 Å². The number of carbonyl (C=O) groups is 1. The van der Waals surface area contributed by atoms with Crippen molar-refractivity contribution in [1.29, 1.82) is 0 Å². The van der Waals surface area contributed by atoms with Crippen molar-refractivity contribution in [2.24, 2.45) is 5.41 Å². The van der Waals surface area contributed by atoms with Gasteiger partial charge in [-0.3, -0.25) is 4.90 Å². The van der Waals surface area contributed by atoms with E-state index in [1.807, 2.05) is 20.8 Å². The standard InChI is InChI=1S/C17H25BrN2O2/c1-13-14(6-5-7-15(13)18)12-19-8-10-20(11-9-19)22-16(21)17(2,3)4/h5-7H,8-12H2,1-4H3. The summed E-state index contributed by atoms with van der Waals surface area (Å²) in [5.41, 5.74) is 2.18. The van der Waals surface area contributed by atoms with Gasteiger partial charge in [-0.25, -0.2) is 4.79 Å². The highest BCUT2D eigenvalue weighted by Crippen LogP contribution is 2.21. The molecular formula is C17H25BrN2O2. The van der Waals surface area contributed by atoms with E-state index in [1.54, 1.807) is 5.06 Å². The molecule has 0 amide bonds. The number of rotatable bonds is 3. The minimum Gasteiger partial charge on any atom is -0.367 e. The lowest BCUT2D eigenvalue weighted by Crippen LogP contribution is -2.47. The Kier molecular flexibility index (Phi) is 5.64. The van der Waals surface area contributed by atoms with E-state index in [2.05, 4.69) is 46.0 Å². The molecule has 0 aliphatic carbocycles. The van der Waals surface area contributed by atoms with Gasteiger partial charge in [0.2, 0.25) is 0 Å². The van der Waals surface area contributed by atoms with E-state index in [0.717, 1.165) is 37.2 Å². The molecule has 0 atom stereocenters. The van der Waals surface area contributed by atoms with Gasteiger partial charge in [0.05, 0.1) is 5.41 Å². The number of hydroxylamine groups is 2. The molecule has 0 aromatic heterocycles. The monoisotopic (exact) mass is 368 g/mol. The average Bonchev–Trinajstić information content (AvgIpc) is 2.45. The van der Waals surface area contributed by atoms with Gasteiger partial charge in [-0.05, 0) is 44.9 Å². The molecule has 1 saturated heterocycles. The van der Waals surface area contributed by atoms with Gasteiger partial charge in [0, 0.05) is 37.2 Å². The molecule has 22 heavy (non-hydrogen) atoms. The van der Waals surface area contributed by atoms with Crippen LogP contribution in [0.3, 0.4) is 0 Å². The number of piperazine rings is 1. The fourth-order valence-corrected chi connectivity index (χ4v) is 2.70. The maximum Gasteiger partial charge on any atom is 0.330 e. The topological polar surface area (TPSA) is 32.8 Å². The summed E-state index contributed by atoms with van der Waals surface area (Å²) in [5, 5.41) is 1.79. The first-order valence-electron chi connectivity index (χ1n) is 7.71. The number of benzene rings is 1. The van der Waals surface area contributed by atoms with Crippen LogP contribution in [0.15, 0.2) is 22.7 Å². The van der Waals surface area contributed by atoms with Crippen LogP contribution in [0.5, 0.6) is 0 Å². The molecule has 1 aliphatic heterocycles. The Hall–Kier alpha value is -0.910. The zero-order chi connectivity index (χ0) is 16.3. The van der Waals surface area contributed by atoms with E-state index in [9.17, 15) is 4.79 Å². The van der Waals surface area contributed by atoms with Crippen molar-refractivity contribution < 1.29 is 9.63 Å². The highest BCUT2D eigenvalue weighted by molar-refractivity contribution is 9.10. The van der Waals surface area contributed by atoms with Crippen molar-refractivity contribution in [3.8, 4) is 0 Å². The van der Waals surface area contributed by atoms with Gasteiger partial charge in [-0.2, -0.15) is 0 Å². The van der Waals surface area contributed by atoms with Crippen LogP contribution in [0.1, 0.15) is 31.9 Å². The summed E-state index contributed by atoms with van der Waals surface area (Å²) in [6.07, 6.45) is 0. The minimum atomic E-state index is -0.454. The van der Waals surface area contributed by atoms with Gasteiger partial charge in [-0.1, -0.05) is 28.1 Å². The van der Waals surface area contributed by atoms with E-state index in [4.69, 9.17) is 4.84 Å². The first kappa shape index (κ1) is 17.4. The summed E-state index contributed by atoms with van der Waals surface area (Å²) >= 11 is 3.58. The van der Waals surface area contributed by atoms with Crippen molar-refractivity contribution in [2.75, 3.05) is 26.2 Å². The molecule has 1 aromatic carbocycles. The van der Waals surface area contributed by atoms with Crippen LogP contribution >= 0.6 is 15.9 Å². The first-order valence-corrected chi connectivity index (χ1v) is 8.50. The Morgan fingerprint density at radius 1 is 1.23 bits per heavy atom. The molecular weight excluding hydrogens is 344 g/mol. The summed E-state index contributed by atoms with van der Waals surface area (Å²) in [4.78, 5) is 19.8. The summed E-state index contributed by atoms with van der Waals surface area (Å²) in [6, 6.07) is 6.32. The molecule has 0 bridgehead atoms. The van der Waals surface area contributed by atoms with E-state index in [0.29, 0.717) is 0 Å². The fourth-order valence-electron chi connectivity index (χ4n) is 2.30. The highest BCUT2D eigenvalue weighted by atomic mass is 79.9. The lowest BCUT2D eigenvalue weighted by Gasteiger charge is -2.34. The second-order valence-electron chi connectivity index (χ2n) is 6.86. The molecule has 5 heteroatoms. The number of hydrogen-bond acceptors (Lipinski definition) is 4. The third kappa shape index (κ3) is 4.54. The van der Waals surface area contributed by atoms with Crippen LogP contribution in [-0.4, -0.2) is 42.1 Å².